The quantitative estimate of drug-likeness (QED) is 0.844. The number of aryl methyl sites for hydroxylation is 2. The van der Waals surface area contributed by atoms with Gasteiger partial charge in [-0.15, -0.1) is 11.3 Å². The van der Waals surface area contributed by atoms with Crippen LogP contribution in [0, 0.1) is 13.8 Å². The van der Waals surface area contributed by atoms with Gasteiger partial charge in [0.25, 0.3) is 5.72 Å². The van der Waals surface area contributed by atoms with Crippen molar-refractivity contribution in [2.75, 3.05) is 23.7 Å². The summed E-state index contributed by atoms with van der Waals surface area (Å²) in [5, 5.41) is 14.7. The Morgan fingerprint density at radius 3 is 2.91 bits per heavy atom. The molecule has 1 aromatic heterocycles. The predicted molar refractivity (Wildman–Crippen MR) is 98.7 cm³/mol. The van der Waals surface area contributed by atoms with Crippen molar-refractivity contribution in [3.8, 4) is 0 Å². The first kappa shape index (κ1) is 15.2. The van der Waals surface area contributed by atoms with Crippen molar-refractivity contribution >= 4 is 34.0 Å². The van der Waals surface area contributed by atoms with Crippen molar-refractivity contribution in [1.29, 1.82) is 0 Å². The Bertz CT molecular complexity index is 769. The van der Waals surface area contributed by atoms with Crippen molar-refractivity contribution in [2.24, 2.45) is 0 Å². The molecule has 0 radical (unpaired) electrons. The number of aliphatic hydroxyl groups is 1. The second-order valence-corrected chi connectivity index (χ2v) is 8.32. The van der Waals surface area contributed by atoms with Crippen LogP contribution in [0.3, 0.4) is 0 Å². The van der Waals surface area contributed by atoms with Gasteiger partial charge in [-0.25, -0.2) is 9.48 Å². The van der Waals surface area contributed by atoms with Gasteiger partial charge in [-0.1, -0.05) is 18.2 Å². The third-order valence-electron chi connectivity index (χ3n) is 4.62. The molecular weight excluding hydrogens is 324 g/mol. The lowest BCUT2D eigenvalue weighted by atomic mass is 10.1. The molecule has 0 bridgehead atoms. The van der Waals surface area contributed by atoms with Gasteiger partial charge in [0.2, 0.25) is 0 Å². The highest BCUT2D eigenvalue weighted by Crippen LogP contribution is 2.40. The van der Waals surface area contributed by atoms with E-state index >= 15 is 0 Å². The molecule has 0 unspecified atom stereocenters. The van der Waals surface area contributed by atoms with Crippen LogP contribution in [-0.4, -0.2) is 33.7 Å². The molecule has 4 rings (SSSR count). The molecule has 0 saturated carbocycles. The van der Waals surface area contributed by atoms with Crippen molar-refractivity contribution in [1.82, 2.24) is 0 Å². The van der Waals surface area contributed by atoms with E-state index in [-0.39, 0.29) is 0 Å². The highest BCUT2D eigenvalue weighted by Gasteiger charge is 2.54. The predicted octanol–water partition coefficient (Wildman–Crippen LogP) is 3.54. The summed E-state index contributed by atoms with van der Waals surface area (Å²) >= 11 is 3.50. The van der Waals surface area contributed by atoms with Gasteiger partial charge in [-0.3, -0.25) is 0 Å². The number of nitrogens with zero attached hydrogens (tertiary/aromatic N) is 2. The number of anilines is 1. The SMILES string of the molecule is Cc1ccc(C)c(N2C[C@@](O)(c3cccs3)[N+]3=C2SCCC3)c1. The smallest absolute Gasteiger partial charge is 0.316 e. The van der Waals surface area contributed by atoms with E-state index in [0.717, 1.165) is 23.6 Å². The van der Waals surface area contributed by atoms with Crippen LogP contribution >= 0.6 is 23.1 Å². The lowest BCUT2D eigenvalue weighted by molar-refractivity contribution is -0.655. The van der Waals surface area contributed by atoms with E-state index in [0.29, 0.717) is 6.54 Å². The Balaban J connectivity index is 1.84. The maximum Gasteiger partial charge on any atom is 0.316 e. The maximum atomic E-state index is 11.5. The number of thiophene rings is 1. The highest BCUT2D eigenvalue weighted by atomic mass is 32.2. The maximum absolute atomic E-state index is 11.5. The third-order valence-corrected chi connectivity index (χ3v) is 6.82. The van der Waals surface area contributed by atoms with Gasteiger partial charge in [0.05, 0.1) is 11.4 Å². The molecule has 5 heteroatoms. The summed E-state index contributed by atoms with van der Waals surface area (Å²) in [5.41, 5.74) is 2.81. The van der Waals surface area contributed by atoms with E-state index in [2.05, 4.69) is 41.5 Å². The first-order valence-electron chi connectivity index (χ1n) is 7.98. The van der Waals surface area contributed by atoms with Crippen LogP contribution < -0.4 is 4.90 Å². The van der Waals surface area contributed by atoms with Gasteiger partial charge in [-0.2, -0.15) is 0 Å². The van der Waals surface area contributed by atoms with E-state index in [1.54, 1.807) is 11.3 Å². The van der Waals surface area contributed by atoms with Crippen LogP contribution in [0.1, 0.15) is 22.4 Å². The highest BCUT2D eigenvalue weighted by molar-refractivity contribution is 8.13. The fraction of sp³-hybridized carbons (Fsp3) is 0.389. The molecule has 1 aromatic carbocycles. The minimum Gasteiger partial charge on any atom is -0.346 e. The summed E-state index contributed by atoms with van der Waals surface area (Å²) in [6, 6.07) is 10.6. The van der Waals surface area contributed by atoms with Gasteiger partial charge in [0, 0.05) is 5.75 Å². The van der Waals surface area contributed by atoms with Gasteiger partial charge in [0.15, 0.2) is 6.54 Å². The number of hydrogen-bond acceptors (Lipinski definition) is 4. The van der Waals surface area contributed by atoms with Crippen LogP contribution in [-0.2, 0) is 5.72 Å². The molecule has 23 heavy (non-hydrogen) atoms. The minimum absolute atomic E-state index is 0.597. The monoisotopic (exact) mass is 345 g/mol. The van der Waals surface area contributed by atoms with Crippen LogP contribution in [0.2, 0.25) is 0 Å². The second kappa shape index (κ2) is 5.65. The molecule has 0 fully saturated rings. The Labute approximate surface area is 145 Å². The molecule has 0 spiro atoms. The molecule has 3 nitrogen and oxygen atoms in total. The molecule has 2 aliphatic heterocycles. The fourth-order valence-electron chi connectivity index (χ4n) is 3.42. The Hall–Kier alpha value is -1.30. The summed E-state index contributed by atoms with van der Waals surface area (Å²) in [5.74, 6) is 1.12. The molecule has 1 atom stereocenters. The van der Waals surface area contributed by atoms with Crippen molar-refractivity contribution in [2.45, 2.75) is 26.0 Å². The Morgan fingerprint density at radius 2 is 2.13 bits per heavy atom. The van der Waals surface area contributed by atoms with Gasteiger partial charge in [0.1, 0.15) is 5.69 Å². The number of β-amino-alcohol motifs (C(OH)–C–C–N with tert-alkyl or cyclic N) is 1. The van der Waals surface area contributed by atoms with E-state index in [1.807, 2.05) is 29.3 Å². The molecule has 0 saturated heterocycles. The largest absolute Gasteiger partial charge is 0.346 e. The fourth-order valence-corrected chi connectivity index (χ4v) is 5.41. The van der Waals surface area contributed by atoms with Crippen LogP contribution in [0.5, 0.6) is 0 Å². The van der Waals surface area contributed by atoms with Gasteiger partial charge < -0.3 is 5.11 Å². The van der Waals surface area contributed by atoms with Crippen LogP contribution in [0.15, 0.2) is 35.7 Å². The van der Waals surface area contributed by atoms with E-state index in [1.165, 1.54) is 22.0 Å². The number of amidine groups is 1. The van der Waals surface area contributed by atoms with Gasteiger partial charge in [-0.05, 0) is 60.7 Å². The molecule has 120 valence electrons. The standard InChI is InChI=1S/C18H21N2OS2/c1-13-6-7-14(2)15(11-13)19-12-18(21,16-5-3-9-22-16)20-8-4-10-23-17(19)20/h3,5-7,9,11,21H,4,8,10,12H2,1-2H3/q+1/t18-/m1/s1. The number of rotatable bonds is 2. The molecule has 1 N–H and O–H groups in total. The first-order valence-corrected chi connectivity index (χ1v) is 9.85. The number of hydrogen-bond donors (Lipinski definition) is 1. The number of thioether (sulfide) groups is 1. The van der Waals surface area contributed by atoms with Crippen molar-refractivity contribution in [3.63, 3.8) is 0 Å². The zero-order chi connectivity index (χ0) is 16.0. The summed E-state index contributed by atoms with van der Waals surface area (Å²) in [6.45, 7) is 5.79. The zero-order valence-electron chi connectivity index (χ0n) is 13.5. The van der Waals surface area contributed by atoms with Gasteiger partial charge >= 0.3 is 5.17 Å². The first-order chi connectivity index (χ1) is 11.1. The van der Waals surface area contributed by atoms with E-state index in [9.17, 15) is 5.11 Å². The molecular formula is C18H21N2OS2+. The average molecular weight is 346 g/mol. The number of benzene rings is 1. The lowest BCUT2D eigenvalue weighted by Gasteiger charge is -2.22. The summed E-state index contributed by atoms with van der Waals surface area (Å²) in [4.78, 5) is 3.34. The molecule has 2 aliphatic rings. The normalized spacial score (nSPS) is 24.2. The third kappa shape index (κ3) is 2.42. The topological polar surface area (TPSA) is 26.5 Å². The zero-order valence-corrected chi connectivity index (χ0v) is 15.1. The molecule has 2 aromatic rings. The Morgan fingerprint density at radius 1 is 1.26 bits per heavy atom. The Kier molecular flexibility index (Phi) is 3.75. The second-order valence-electron chi connectivity index (χ2n) is 6.31. The molecule has 0 amide bonds. The van der Waals surface area contributed by atoms with E-state index < -0.39 is 5.72 Å². The van der Waals surface area contributed by atoms with Crippen molar-refractivity contribution in [3.05, 3.63) is 51.7 Å². The average Bonchev–Trinajstić information content (AvgIpc) is 3.18. The van der Waals surface area contributed by atoms with Crippen LogP contribution in [0.25, 0.3) is 0 Å². The summed E-state index contributed by atoms with van der Waals surface area (Å²) < 4.78 is 2.20. The summed E-state index contributed by atoms with van der Waals surface area (Å²) in [6.07, 6.45) is 1.11. The minimum atomic E-state index is -0.910. The molecule has 0 aliphatic carbocycles. The molecule has 3 heterocycles. The van der Waals surface area contributed by atoms with Crippen LogP contribution in [0.4, 0.5) is 5.69 Å². The lowest BCUT2D eigenvalue weighted by Crippen LogP contribution is -2.40. The van der Waals surface area contributed by atoms with E-state index in [4.69, 9.17) is 0 Å². The van der Waals surface area contributed by atoms with Crippen molar-refractivity contribution < 1.29 is 9.68 Å². The summed E-state index contributed by atoms with van der Waals surface area (Å²) in [7, 11) is 0.